The van der Waals surface area contributed by atoms with Crippen molar-refractivity contribution in [2.24, 2.45) is 0 Å². The van der Waals surface area contributed by atoms with Crippen molar-refractivity contribution in [1.29, 1.82) is 0 Å². The Labute approximate surface area is 140 Å². The van der Waals surface area contributed by atoms with Gasteiger partial charge in [-0.1, -0.05) is 36.4 Å². The van der Waals surface area contributed by atoms with Crippen molar-refractivity contribution in [1.82, 2.24) is 10.3 Å². The number of hydrogen-bond donors (Lipinski definition) is 1. The summed E-state index contributed by atoms with van der Waals surface area (Å²) in [6, 6.07) is 15.4. The largest absolute Gasteiger partial charge is 0.472 e. The average molecular weight is 322 g/mol. The van der Waals surface area contributed by atoms with Gasteiger partial charge in [-0.15, -0.1) is 0 Å². The van der Waals surface area contributed by atoms with Crippen molar-refractivity contribution >= 4 is 5.91 Å². The molecule has 5 heteroatoms. The topological polar surface area (TPSA) is 64.4 Å². The van der Waals surface area contributed by atoms with E-state index in [1.165, 1.54) is 0 Å². The van der Waals surface area contributed by atoms with Gasteiger partial charge in [-0.3, -0.25) is 9.78 Å². The first-order chi connectivity index (χ1) is 11.8. The molecule has 122 valence electrons. The maximum absolute atomic E-state index is 11.8. The van der Waals surface area contributed by atoms with E-state index in [2.05, 4.69) is 10.3 Å². The molecule has 0 unspecified atom stereocenters. The SMILES string of the molecule is O=C(COCc1ccccc1)NCc1ccc(-c2ccoc2)nc1. The second kappa shape index (κ2) is 8.08. The zero-order valence-electron chi connectivity index (χ0n) is 13.1. The minimum absolute atomic E-state index is 0.0371. The molecule has 0 radical (unpaired) electrons. The Morgan fingerprint density at radius 1 is 1.08 bits per heavy atom. The van der Waals surface area contributed by atoms with E-state index in [9.17, 15) is 4.79 Å². The molecule has 0 aliphatic heterocycles. The van der Waals surface area contributed by atoms with Crippen LogP contribution >= 0.6 is 0 Å². The number of carbonyl (C=O) groups is 1. The Morgan fingerprint density at radius 2 is 1.96 bits per heavy atom. The lowest BCUT2D eigenvalue weighted by Crippen LogP contribution is -2.27. The Kier molecular flexibility index (Phi) is 5.37. The number of pyridine rings is 1. The van der Waals surface area contributed by atoms with Crippen LogP contribution in [0.2, 0.25) is 0 Å². The van der Waals surface area contributed by atoms with Crippen LogP contribution in [0, 0.1) is 0 Å². The molecule has 0 aliphatic rings. The summed E-state index contributed by atoms with van der Waals surface area (Å²) in [5.74, 6) is -0.148. The van der Waals surface area contributed by atoms with E-state index in [4.69, 9.17) is 9.15 Å². The van der Waals surface area contributed by atoms with E-state index in [0.29, 0.717) is 13.2 Å². The standard InChI is InChI=1S/C19H18N2O3/c22-19(14-24-12-15-4-2-1-3-5-15)21-11-16-6-7-18(20-10-16)17-8-9-23-13-17/h1-10,13H,11-12,14H2,(H,21,22). The van der Waals surface area contributed by atoms with Crippen LogP contribution in [0.5, 0.6) is 0 Å². The van der Waals surface area contributed by atoms with Gasteiger partial charge in [0.25, 0.3) is 0 Å². The summed E-state index contributed by atoms with van der Waals surface area (Å²) in [5, 5.41) is 2.82. The van der Waals surface area contributed by atoms with E-state index in [1.54, 1.807) is 18.7 Å². The molecular weight excluding hydrogens is 304 g/mol. The molecule has 24 heavy (non-hydrogen) atoms. The third-order valence-electron chi connectivity index (χ3n) is 3.48. The Balaban J connectivity index is 1.41. The number of aromatic nitrogens is 1. The van der Waals surface area contributed by atoms with Gasteiger partial charge in [0.05, 0.1) is 24.8 Å². The van der Waals surface area contributed by atoms with E-state index in [0.717, 1.165) is 22.4 Å². The molecule has 3 aromatic rings. The molecule has 1 amide bonds. The van der Waals surface area contributed by atoms with Crippen molar-refractivity contribution < 1.29 is 13.9 Å². The van der Waals surface area contributed by atoms with Crippen molar-refractivity contribution in [3.63, 3.8) is 0 Å². The zero-order chi connectivity index (χ0) is 16.6. The number of benzene rings is 1. The molecule has 3 rings (SSSR count). The highest BCUT2D eigenvalue weighted by atomic mass is 16.5. The van der Waals surface area contributed by atoms with E-state index in [-0.39, 0.29) is 12.5 Å². The van der Waals surface area contributed by atoms with Crippen LogP contribution in [0.4, 0.5) is 0 Å². The van der Waals surface area contributed by atoms with E-state index < -0.39 is 0 Å². The molecule has 1 N–H and O–H groups in total. The zero-order valence-corrected chi connectivity index (χ0v) is 13.1. The minimum Gasteiger partial charge on any atom is -0.472 e. The molecule has 0 saturated carbocycles. The molecule has 5 nitrogen and oxygen atoms in total. The minimum atomic E-state index is -0.148. The lowest BCUT2D eigenvalue weighted by atomic mass is 10.2. The summed E-state index contributed by atoms with van der Waals surface area (Å²) in [4.78, 5) is 16.1. The van der Waals surface area contributed by atoms with E-state index >= 15 is 0 Å². The van der Waals surface area contributed by atoms with Gasteiger partial charge in [-0.2, -0.15) is 0 Å². The normalized spacial score (nSPS) is 10.5. The third kappa shape index (κ3) is 4.54. The predicted molar refractivity (Wildman–Crippen MR) is 89.9 cm³/mol. The number of hydrogen-bond acceptors (Lipinski definition) is 4. The number of rotatable bonds is 7. The summed E-state index contributed by atoms with van der Waals surface area (Å²) in [6.45, 7) is 0.886. The lowest BCUT2D eigenvalue weighted by Gasteiger charge is -2.07. The first kappa shape index (κ1) is 16.0. The maximum atomic E-state index is 11.8. The summed E-state index contributed by atoms with van der Waals surface area (Å²) >= 11 is 0. The fourth-order valence-electron chi connectivity index (χ4n) is 2.20. The first-order valence-corrected chi connectivity index (χ1v) is 7.67. The van der Waals surface area contributed by atoms with Gasteiger partial charge in [0.2, 0.25) is 5.91 Å². The van der Waals surface area contributed by atoms with Crippen LogP contribution in [-0.4, -0.2) is 17.5 Å². The number of amides is 1. The maximum Gasteiger partial charge on any atom is 0.246 e. The predicted octanol–water partition coefficient (Wildman–Crippen LogP) is 3.17. The fraction of sp³-hybridized carbons (Fsp3) is 0.158. The van der Waals surface area contributed by atoms with Crippen LogP contribution in [-0.2, 0) is 22.7 Å². The van der Waals surface area contributed by atoms with Crippen molar-refractivity contribution in [2.75, 3.05) is 6.61 Å². The second-order valence-electron chi connectivity index (χ2n) is 5.32. The van der Waals surface area contributed by atoms with Crippen LogP contribution in [0.3, 0.4) is 0 Å². The van der Waals surface area contributed by atoms with Crippen LogP contribution in [0.15, 0.2) is 71.7 Å². The summed E-state index contributed by atoms with van der Waals surface area (Å²) in [6.07, 6.45) is 5.00. The summed E-state index contributed by atoms with van der Waals surface area (Å²) in [7, 11) is 0. The first-order valence-electron chi connectivity index (χ1n) is 7.67. The molecule has 2 heterocycles. The number of carbonyl (C=O) groups excluding carboxylic acids is 1. The monoisotopic (exact) mass is 322 g/mol. The molecule has 0 spiro atoms. The summed E-state index contributed by atoms with van der Waals surface area (Å²) in [5.41, 5.74) is 3.74. The molecule has 0 aliphatic carbocycles. The highest BCUT2D eigenvalue weighted by Gasteiger charge is 2.04. The Morgan fingerprint density at radius 3 is 2.67 bits per heavy atom. The molecule has 0 bridgehead atoms. The van der Waals surface area contributed by atoms with Gasteiger partial charge >= 0.3 is 0 Å². The third-order valence-corrected chi connectivity index (χ3v) is 3.48. The quantitative estimate of drug-likeness (QED) is 0.725. The fourth-order valence-corrected chi connectivity index (χ4v) is 2.20. The molecule has 2 aromatic heterocycles. The van der Waals surface area contributed by atoms with Crippen LogP contribution in [0.1, 0.15) is 11.1 Å². The Hall–Kier alpha value is -2.92. The van der Waals surface area contributed by atoms with Gasteiger partial charge in [-0.05, 0) is 23.3 Å². The molecule has 1 aromatic carbocycles. The van der Waals surface area contributed by atoms with Gasteiger partial charge in [0.15, 0.2) is 0 Å². The molecule has 0 fully saturated rings. The smallest absolute Gasteiger partial charge is 0.246 e. The molecular formula is C19H18N2O3. The second-order valence-corrected chi connectivity index (χ2v) is 5.32. The molecule has 0 atom stereocenters. The van der Waals surface area contributed by atoms with Gasteiger partial charge in [0, 0.05) is 18.3 Å². The van der Waals surface area contributed by atoms with Gasteiger partial charge < -0.3 is 14.5 Å². The number of ether oxygens (including phenoxy) is 1. The Bertz CT molecular complexity index is 753. The summed E-state index contributed by atoms with van der Waals surface area (Å²) < 4.78 is 10.4. The average Bonchev–Trinajstić information content (AvgIpc) is 3.16. The van der Waals surface area contributed by atoms with Crippen LogP contribution < -0.4 is 5.32 Å². The molecule has 0 saturated heterocycles. The van der Waals surface area contributed by atoms with Crippen molar-refractivity contribution in [3.05, 3.63) is 78.4 Å². The van der Waals surface area contributed by atoms with Crippen LogP contribution in [0.25, 0.3) is 11.3 Å². The number of furan rings is 1. The van der Waals surface area contributed by atoms with Crippen molar-refractivity contribution in [2.45, 2.75) is 13.2 Å². The van der Waals surface area contributed by atoms with E-state index in [1.807, 2.05) is 48.5 Å². The van der Waals surface area contributed by atoms with Gasteiger partial charge in [0.1, 0.15) is 6.61 Å². The van der Waals surface area contributed by atoms with Crippen molar-refractivity contribution in [3.8, 4) is 11.3 Å². The number of nitrogens with zero attached hydrogens (tertiary/aromatic N) is 1. The number of nitrogens with one attached hydrogen (secondary N) is 1. The van der Waals surface area contributed by atoms with Gasteiger partial charge in [-0.25, -0.2) is 0 Å². The highest BCUT2D eigenvalue weighted by molar-refractivity contribution is 5.77. The lowest BCUT2D eigenvalue weighted by molar-refractivity contribution is -0.126. The highest BCUT2D eigenvalue weighted by Crippen LogP contribution is 2.16.